The highest BCUT2D eigenvalue weighted by atomic mass is 79.9. The Kier molecular flexibility index (Phi) is 5.61. The molecule has 1 aliphatic rings. The number of carbonyl (C=O) groups is 2. The molecule has 1 amide bonds. The van der Waals surface area contributed by atoms with Gasteiger partial charge in [0, 0.05) is 24.1 Å². The van der Waals surface area contributed by atoms with Crippen LogP contribution < -0.4 is 5.32 Å². The Morgan fingerprint density at radius 3 is 3.00 bits per heavy atom. The van der Waals surface area contributed by atoms with Gasteiger partial charge in [-0.3, -0.25) is 4.79 Å². The van der Waals surface area contributed by atoms with Crippen LogP contribution in [0.5, 0.6) is 0 Å². The van der Waals surface area contributed by atoms with Gasteiger partial charge in [-0.2, -0.15) is 0 Å². The molecule has 7 heteroatoms. The average Bonchev–Trinajstić information content (AvgIpc) is 2.49. The fraction of sp³-hybridized carbons (Fsp3) is 0.429. The van der Waals surface area contributed by atoms with Gasteiger partial charge in [0.1, 0.15) is 6.04 Å². The van der Waals surface area contributed by atoms with Crippen molar-refractivity contribution in [2.45, 2.75) is 13.0 Å². The highest BCUT2D eigenvalue weighted by Crippen LogP contribution is 2.27. The fourth-order valence-electron chi connectivity index (χ4n) is 2.22. The number of hydrogen-bond donors (Lipinski definition) is 1. The van der Waals surface area contributed by atoms with Crippen LogP contribution >= 0.6 is 27.5 Å². The number of ether oxygens (including phenoxy) is 1. The van der Waals surface area contributed by atoms with E-state index >= 15 is 0 Å². The van der Waals surface area contributed by atoms with Crippen LogP contribution in [-0.2, 0) is 9.53 Å². The summed E-state index contributed by atoms with van der Waals surface area (Å²) in [6.07, 6.45) is 0. The lowest BCUT2D eigenvalue weighted by Crippen LogP contribution is -2.57. The Hall–Kier alpha value is -1.11. The molecule has 0 radical (unpaired) electrons. The number of carbonyl (C=O) groups excluding carboxylic acids is 2. The van der Waals surface area contributed by atoms with Gasteiger partial charge in [0.05, 0.1) is 17.2 Å². The van der Waals surface area contributed by atoms with Crippen LogP contribution in [0.2, 0.25) is 5.02 Å². The molecule has 0 spiro atoms. The smallest absolute Gasteiger partial charge is 0.330 e. The van der Waals surface area contributed by atoms with E-state index in [-0.39, 0.29) is 12.5 Å². The molecule has 1 N–H and O–H groups in total. The molecule has 1 unspecified atom stereocenters. The number of benzene rings is 1. The van der Waals surface area contributed by atoms with E-state index < -0.39 is 12.0 Å². The summed E-state index contributed by atoms with van der Waals surface area (Å²) in [5, 5.41) is 3.45. The minimum absolute atomic E-state index is 0.263. The molecule has 1 heterocycles. The summed E-state index contributed by atoms with van der Waals surface area (Å²) < 4.78 is 5.69. The molecule has 0 aliphatic carbocycles. The second-order valence-electron chi connectivity index (χ2n) is 4.57. The summed E-state index contributed by atoms with van der Waals surface area (Å²) in [6, 6.07) is 4.53. The van der Waals surface area contributed by atoms with Crippen molar-refractivity contribution in [3.05, 3.63) is 33.3 Å². The van der Waals surface area contributed by atoms with Crippen molar-refractivity contribution in [2.24, 2.45) is 0 Å². The van der Waals surface area contributed by atoms with Gasteiger partial charge in [0.15, 0.2) is 0 Å². The van der Waals surface area contributed by atoms with Crippen LogP contribution in [-0.4, -0.2) is 49.1 Å². The van der Waals surface area contributed by atoms with Crippen LogP contribution in [0.25, 0.3) is 0 Å². The largest absolute Gasteiger partial charge is 0.464 e. The lowest BCUT2D eigenvalue weighted by molar-refractivity contribution is -0.149. The number of hydrogen-bond acceptors (Lipinski definition) is 4. The Labute approximate surface area is 136 Å². The first-order chi connectivity index (χ1) is 10.1. The van der Waals surface area contributed by atoms with Crippen molar-refractivity contribution in [1.29, 1.82) is 0 Å². The summed E-state index contributed by atoms with van der Waals surface area (Å²) in [7, 11) is 0. The van der Waals surface area contributed by atoms with Crippen molar-refractivity contribution in [3.8, 4) is 0 Å². The lowest BCUT2D eigenvalue weighted by atomic mass is 10.1. The summed E-state index contributed by atoms with van der Waals surface area (Å²) in [5.41, 5.74) is 0.377. The average molecular weight is 376 g/mol. The second-order valence-corrected chi connectivity index (χ2v) is 5.80. The summed E-state index contributed by atoms with van der Waals surface area (Å²) in [4.78, 5) is 26.2. The number of piperazine rings is 1. The van der Waals surface area contributed by atoms with E-state index in [2.05, 4.69) is 21.2 Å². The van der Waals surface area contributed by atoms with E-state index in [1.54, 1.807) is 25.1 Å². The van der Waals surface area contributed by atoms with Gasteiger partial charge < -0.3 is 15.0 Å². The maximum Gasteiger partial charge on any atom is 0.330 e. The van der Waals surface area contributed by atoms with Crippen LogP contribution in [0.3, 0.4) is 0 Å². The van der Waals surface area contributed by atoms with E-state index in [0.29, 0.717) is 34.7 Å². The number of nitrogens with zero attached hydrogens (tertiary/aromatic N) is 1. The van der Waals surface area contributed by atoms with Crippen molar-refractivity contribution in [2.75, 3.05) is 26.2 Å². The van der Waals surface area contributed by atoms with Crippen molar-refractivity contribution >= 4 is 39.4 Å². The Morgan fingerprint density at radius 2 is 2.29 bits per heavy atom. The lowest BCUT2D eigenvalue weighted by Gasteiger charge is -2.34. The molecule has 21 heavy (non-hydrogen) atoms. The summed E-state index contributed by atoms with van der Waals surface area (Å²) >= 11 is 9.47. The molecule has 1 aromatic carbocycles. The molecule has 0 aromatic heterocycles. The molecular weight excluding hydrogens is 360 g/mol. The molecule has 0 bridgehead atoms. The van der Waals surface area contributed by atoms with Crippen molar-refractivity contribution in [1.82, 2.24) is 10.2 Å². The van der Waals surface area contributed by atoms with Gasteiger partial charge in [0.25, 0.3) is 5.91 Å². The number of nitrogens with one attached hydrogen (secondary N) is 1. The fourth-order valence-corrected chi connectivity index (χ4v) is 2.79. The monoisotopic (exact) mass is 374 g/mol. The molecule has 114 valence electrons. The summed E-state index contributed by atoms with van der Waals surface area (Å²) in [6.45, 7) is 3.48. The topological polar surface area (TPSA) is 58.6 Å². The van der Waals surface area contributed by atoms with Crippen molar-refractivity contribution < 1.29 is 14.3 Å². The zero-order valence-electron chi connectivity index (χ0n) is 11.6. The first kappa shape index (κ1) is 16.3. The normalized spacial score (nSPS) is 18.4. The predicted molar refractivity (Wildman–Crippen MR) is 83.5 cm³/mol. The van der Waals surface area contributed by atoms with E-state index in [9.17, 15) is 9.59 Å². The maximum atomic E-state index is 12.7. The van der Waals surface area contributed by atoms with Gasteiger partial charge >= 0.3 is 5.97 Å². The quantitative estimate of drug-likeness (QED) is 0.822. The Balaban J connectivity index is 2.26. The first-order valence-electron chi connectivity index (χ1n) is 6.68. The van der Waals surface area contributed by atoms with Crippen molar-refractivity contribution in [3.63, 3.8) is 0 Å². The minimum atomic E-state index is -0.624. The van der Waals surface area contributed by atoms with Crippen LogP contribution in [0.15, 0.2) is 22.7 Å². The SMILES string of the molecule is CCOC(=O)C1CNCCN1C(=O)c1cccc(Br)c1Cl. The molecule has 1 aromatic rings. The van der Waals surface area contributed by atoms with Gasteiger partial charge in [-0.1, -0.05) is 17.7 Å². The van der Waals surface area contributed by atoms with E-state index in [1.807, 2.05) is 0 Å². The van der Waals surface area contributed by atoms with Gasteiger partial charge in [-0.15, -0.1) is 0 Å². The van der Waals surface area contributed by atoms with Crippen LogP contribution in [0, 0.1) is 0 Å². The number of rotatable bonds is 3. The molecule has 2 rings (SSSR count). The Bertz CT molecular complexity index is 553. The second kappa shape index (κ2) is 7.24. The highest BCUT2D eigenvalue weighted by molar-refractivity contribution is 9.10. The van der Waals surface area contributed by atoms with Gasteiger partial charge in [-0.25, -0.2) is 4.79 Å². The zero-order valence-corrected chi connectivity index (χ0v) is 13.9. The highest BCUT2D eigenvalue weighted by Gasteiger charge is 2.34. The standard InChI is InChI=1S/C14H16BrClN2O3/c1-2-21-14(20)11-8-17-6-7-18(11)13(19)9-4-3-5-10(15)12(9)16/h3-5,11,17H,2,6-8H2,1H3. The summed E-state index contributed by atoms with van der Waals surface area (Å²) in [5.74, 6) is -0.662. The maximum absolute atomic E-state index is 12.7. The molecule has 1 atom stereocenters. The number of halogens is 2. The van der Waals surface area contributed by atoms with Crippen LogP contribution in [0.4, 0.5) is 0 Å². The first-order valence-corrected chi connectivity index (χ1v) is 7.85. The third-order valence-electron chi connectivity index (χ3n) is 3.24. The molecule has 1 fully saturated rings. The Morgan fingerprint density at radius 1 is 1.52 bits per heavy atom. The zero-order chi connectivity index (χ0) is 15.4. The minimum Gasteiger partial charge on any atom is -0.464 e. The number of amides is 1. The predicted octanol–water partition coefficient (Wildman–Crippen LogP) is 2.08. The third-order valence-corrected chi connectivity index (χ3v) is 4.54. The molecule has 0 saturated carbocycles. The third kappa shape index (κ3) is 3.56. The van der Waals surface area contributed by atoms with Crippen LogP contribution in [0.1, 0.15) is 17.3 Å². The van der Waals surface area contributed by atoms with E-state index in [4.69, 9.17) is 16.3 Å². The molecule has 1 aliphatic heterocycles. The number of esters is 1. The molecular formula is C14H16BrClN2O3. The van der Waals surface area contributed by atoms with Gasteiger partial charge in [-0.05, 0) is 35.0 Å². The molecule has 5 nitrogen and oxygen atoms in total. The van der Waals surface area contributed by atoms with Gasteiger partial charge in [0.2, 0.25) is 0 Å². The van der Waals surface area contributed by atoms with E-state index in [1.165, 1.54) is 4.90 Å². The van der Waals surface area contributed by atoms with E-state index in [0.717, 1.165) is 0 Å². The molecule has 1 saturated heterocycles.